The largest absolute Gasteiger partial charge is 0.497 e. The van der Waals surface area contributed by atoms with Crippen LogP contribution in [0.25, 0.3) is 0 Å². The molecule has 0 heterocycles. The average molecular weight is 405 g/mol. The van der Waals surface area contributed by atoms with Gasteiger partial charge in [0.15, 0.2) is 18.1 Å². The van der Waals surface area contributed by atoms with Gasteiger partial charge in [-0.2, -0.15) is 0 Å². The number of hydrogen-bond donors (Lipinski definition) is 1. The molecule has 0 radical (unpaired) electrons. The van der Waals surface area contributed by atoms with E-state index in [-0.39, 0.29) is 11.3 Å². The summed E-state index contributed by atoms with van der Waals surface area (Å²) in [6.45, 7) is -0.517. The normalized spacial score (nSPS) is 9.97. The summed E-state index contributed by atoms with van der Waals surface area (Å²) in [5.41, 5.74) is 0.480. The van der Waals surface area contributed by atoms with E-state index in [9.17, 15) is 9.59 Å². The molecule has 2 aromatic carbocycles. The number of esters is 1. The summed E-state index contributed by atoms with van der Waals surface area (Å²) >= 11 is 0. The number of nitrogens with one attached hydrogen (secondary N) is 1. The van der Waals surface area contributed by atoms with Gasteiger partial charge in [-0.3, -0.25) is 4.79 Å². The number of anilines is 1. The molecule has 0 unspecified atom stereocenters. The number of amides is 1. The van der Waals surface area contributed by atoms with E-state index in [4.69, 9.17) is 28.4 Å². The highest BCUT2D eigenvalue weighted by atomic mass is 16.5. The second-order valence-corrected chi connectivity index (χ2v) is 5.60. The summed E-state index contributed by atoms with van der Waals surface area (Å²) in [4.78, 5) is 24.7. The van der Waals surface area contributed by atoms with Crippen LogP contribution in [-0.2, 0) is 9.53 Å². The van der Waals surface area contributed by atoms with Gasteiger partial charge >= 0.3 is 5.97 Å². The monoisotopic (exact) mass is 405 g/mol. The molecule has 0 aliphatic heterocycles. The fourth-order valence-corrected chi connectivity index (χ4v) is 2.50. The Labute approximate surface area is 168 Å². The number of carbonyl (C=O) groups is 2. The first-order valence-corrected chi connectivity index (χ1v) is 8.46. The van der Waals surface area contributed by atoms with Gasteiger partial charge in [0.2, 0.25) is 0 Å². The molecule has 2 aromatic rings. The lowest BCUT2D eigenvalue weighted by Gasteiger charge is -2.14. The molecule has 1 amide bonds. The Morgan fingerprint density at radius 1 is 0.759 bits per heavy atom. The highest BCUT2D eigenvalue weighted by Crippen LogP contribution is 2.35. The van der Waals surface area contributed by atoms with E-state index in [0.29, 0.717) is 28.7 Å². The van der Waals surface area contributed by atoms with Crippen molar-refractivity contribution in [1.29, 1.82) is 0 Å². The zero-order valence-corrected chi connectivity index (χ0v) is 16.9. The molecule has 0 aliphatic carbocycles. The smallest absolute Gasteiger partial charge is 0.342 e. The van der Waals surface area contributed by atoms with Crippen molar-refractivity contribution < 1.29 is 38.0 Å². The molecule has 0 fully saturated rings. The van der Waals surface area contributed by atoms with Crippen molar-refractivity contribution in [3.05, 3.63) is 35.9 Å². The predicted octanol–water partition coefficient (Wildman–Crippen LogP) is 2.53. The third-order valence-electron chi connectivity index (χ3n) is 3.94. The van der Waals surface area contributed by atoms with Gasteiger partial charge in [-0.15, -0.1) is 0 Å². The quantitative estimate of drug-likeness (QED) is 0.635. The number of hydrogen-bond acceptors (Lipinski definition) is 8. The van der Waals surface area contributed by atoms with E-state index in [1.165, 1.54) is 47.7 Å². The minimum absolute atomic E-state index is 0.0944. The molecule has 0 saturated heterocycles. The summed E-state index contributed by atoms with van der Waals surface area (Å²) in [6.07, 6.45) is 0. The topological polar surface area (TPSA) is 102 Å². The molecule has 0 bridgehead atoms. The van der Waals surface area contributed by atoms with Crippen LogP contribution in [0.15, 0.2) is 30.3 Å². The lowest BCUT2D eigenvalue weighted by atomic mass is 10.1. The lowest BCUT2D eigenvalue weighted by Crippen LogP contribution is -2.21. The molecule has 29 heavy (non-hydrogen) atoms. The van der Waals surface area contributed by atoms with Crippen LogP contribution in [0.3, 0.4) is 0 Å². The summed E-state index contributed by atoms with van der Waals surface area (Å²) in [5, 5.41) is 2.62. The number of carbonyl (C=O) groups excluding carboxylic acids is 2. The second-order valence-electron chi connectivity index (χ2n) is 5.60. The molecule has 9 heteroatoms. The van der Waals surface area contributed by atoms with Crippen LogP contribution in [-0.4, -0.2) is 54.0 Å². The van der Waals surface area contributed by atoms with E-state index < -0.39 is 18.5 Å². The number of rotatable bonds is 9. The van der Waals surface area contributed by atoms with Crippen molar-refractivity contribution in [2.24, 2.45) is 0 Å². The number of benzene rings is 2. The molecule has 9 nitrogen and oxygen atoms in total. The van der Waals surface area contributed by atoms with E-state index in [0.717, 1.165) is 0 Å². The van der Waals surface area contributed by atoms with Crippen LogP contribution in [0.4, 0.5) is 5.69 Å². The van der Waals surface area contributed by atoms with Gasteiger partial charge in [0, 0.05) is 18.2 Å². The molecule has 0 saturated carbocycles. The van der Waals surface area contributed by atoms with Gasteiger partial charge in [-0.25, -0.2) is 4.79 Å². The maximum atomic E-state index is 12.4. The van der Waals surface area contributed by atoms with Crippen molar-refractivity contribution in [1.82, 2.24) is 0 Å². The van der Waals surface area contributed by atoms with Crippen molar-refractivity contribution >= 4 is 17.6 Å². The second kappa shape index (κ2) is 10.1. The number of ether oxygens (including phenoxy) is 6. The van der Waals surface area contributed by atoms with Crippen molar-refractivity contribution in [3.63, 3.8) is 0 Å². The molecule has 0 spiro atoms. The van der Waals surface area contributed by atoms with Crippen LogP contribution >= 0.6 is 0 Å². The Bertz CT molecular complexity index is 881. The minimum atomic E-state index is -0.754. The van der Waals surface area contributed by atoms with Crippen LogP contribution in [0.2, 0.25) is 0 Å². The highest BCUT2D eigenvalue weighted by Gasteiger charge is 2.20. The highest BCUT2D eigenvalue weighted by molar-refractivity contribution is 5.98. The molecule has 0 atom stereocenters. The maximum Gasteiger partial charge on any atom is 0.342 e. The van der Waals surface area contributed by atoms with Gasteiger partial charge in [0.05, 0.1) is 41.2 Å². The Morgan fingerprint density at radius 3 is 1.97 bits per heavy atom. The Balaban J connectivity index is 2.10. The minimum Gasteiger partial charge on any atom is -0.497 e. The molecular formula is C20H23NO8. The van der Waals surface area contributed by atoms with E-state index in [1.807, 2.05) is 0 Å². The SMILES string of the molecule is COc1ccc(OC)c(NC(=O)COC(=O)c2cc(OC)c(OC)cc2OC)c1. The van der Waals surface area contributed by atoms with Crippen LogP contribution < -0.4 is 29.0 Å². The van der Waals surface area contributed by atoms with E-state index in [1.54, 1.807) is 18.2 Å². The van der Waals surface area contributed by atoms with Gasteiger partial charge in [0.25, 0.3) is 5.91 Å². The fraction of sp³-hybridized carbons (Fsp3) is 0.300. The van der Waals surface area contributed by atoms with Crippen molar-refractivity contribution in [2.75, 3.05) is 47.5 Å². The lowest BCUT2D eigenvalue weighted by molar-refractivity contribution is -0.119. The Hall–Kier alpha value is -3.62. The maximum absolute atomic E-state index is 12.4. The third kappa shape index (κ3) is 5.22. The van der Waals surface area contributed by atoms with Crippen molar-refractivity contribution in [2.45, 2.75) is 0 Å². The molecular weight excluding hydrogens is 382 g/mol. The van der Waals surface area contributed by atoms with E-state index in [2.05, 4.69) is 5.32 Å². The molecule has 1 N–H and O–H groups in total. The van der Waals surface area contributed by atoms with Gasteiger partial charge < -0.3 is 33.7 Å². The molecule has 0 aromatic heterocycles. The standard InChI is InChI=1S/C20H23NO8/c1-24-12-6-7-15(25-2)14(8-12)21-19(22)11-29-20(23)13-9-17(27-4)18(28-5)10-16(13)26-3/h6-10H,11H2,1-5H3,(H,21,22). The first-order chi connectivity index (χ1) is 14.0. The zero-order chi connectivity index (χ0) is 21.4. The van der Waals surface area contributed by atoms with Crippen LogP contribution in [0, 0.1) is 0 Å². The van der Waals surface area contributed by atoms with Gasteiger partial charge in [-0.1, -0.05) is 0 Å². The van der Waals surface area contributed by atoms with Crippen LogP contribution in [0.5, 0.6) is 28.7 Å². The molecule has 2 rings (SSSR count). The Kier molecular flexibility index (Phi) is 7.53. The average Bonchev–Trinajstić information content (AvgIpc) is 2.76. The predicted molar refractivity (Wildman–Crippen MR) is 105 cm³/mol. The zero-order valence-electron chi connectivity index (χ0n) is 16.9. The Morgan fingerprint density at radius 2 is 1.38 bits per heavy atom. The molecule has 0 aliphatic rings. The van der Waals surface area contributed by atoms with E-state index >= 15 is 0 Å². The van der Waals surface area contributed by atoms with Crippen LogP contribution in [0.1, 0.15) is 10.4 Å². The molecule has 156 valence electrons. The summed E-state index contributed by atoms with van der Waals surface area (Å²) < 4.78 is 31.0. The van der Waals surface area contributed by atoms with Crippen molar-refractivity contribution in [3.8, 4) is 28.7 Å². The summed E-state index contributed by atoms with van der Waals surface area (Å²) in [7, 11) is 7.28. The number of methoxy groups -OCH3 is 5. The van der Waals surface area contributed by atoms with Gasteiger partial charge in [-0.05, 0) is 12.1 Å². The third-order valence-corrected chi connectivity index (χ3v) is 3.94. The fourth-order valence-electron chi connectivity index (χ4n) is 2.50. The van der Waals surface area contributed by atoms with Gasteiger partial charge in [0.1, 0.15) is 22.8 Å². The summed E-state index contributed by atoms with van der Waals surface area (Å²) in [6, 6.07) is 7.85. The first-order valence-electron chi connectivity index (χ1n) is 8.46. The summed E-state index contributed by atoms with van der Waals surface area (Å²) in [5.74, 6) is 0.609. The first kappa shape index (κ1) is 21.7.